The predicted molar refractivity (Wildman–Crippen MR) is 87.2 cm³/mol. The summed E-state index contributed by atoms with van der Waals surface area (Å²) in [5.74, 6) is 1.71. The number of fused-ring (bicyclic) bond motifs is 1. The molecule has 2 heteroatoms. The number of ketones is 1. The first kappa shape index (κ1) is 17.0. The zero-order valence-electron chi connectivity index (χ0n) is 14.3. The van der Waals surface area contributed by atoms with Crippen LogP contribution in [0.25, 0.3) is 0 Å². The highest BCUT2D eigenvalue weighted by molar-refractivity contribution is 5.83. The van der Waals surface area contributed by atoms with Gasteiger partial charge in [-0.15, -0.1) is 0 Å². The van der Waals surface area contributed by atoms with Crippen LogP contribution in [0.2, 0.25) is 0 Å². The maximum Gasteiger partial charge on any atom is 0.136 e. The molecule has 2 aliphatic carbocycles. The highest BCUT2D eigenvalue weighted by Gasteiger charge is 2.49. The van der Waals surface area contributed by atoms with Crippen LogP contribution in [-0.4, -0.2) is 16.5 Å². The van der Waals surface area contributed by atoms with Gasteiger partial charge in [-0.1, -0.05) is 39.0 Å². The van der Waals surface area contributed by atoms with E-state index in [-0.39, 0.29) is 0 Å². The Kier molecular flexibility index (Phi) is 5.51. The summed E-state index contributed by atoms with van der Waals surface area (Å²) in [5, 5.41) is 9.71. The second-order valence-electron chi connectivity index (χ2n) is 8.42. The van der Waals surface area contributed by atoms with Crippen LogP contribution in [0.3, 0.4) is 0 Å². The molecule has 0 amide bonds. The minimum absolute atomic E-state index is 0.322. The SMILES string of the molecule is CC(C)(O)CCCCCC[C@@H]1CCC(=O)[C@@H]2CCC[C@@]12C. The van der Waals surface area contributed by atoms with Gasteiger partial charge in [0.05, 0.1) is 5.60 Å². The fourth-order valence-corrected chi connectivity index (χ4v) is 4.80. The molecular weight excluding hydrogens is 260 g/mol. The van der Waals surface area contributed by atoms with Gasteiger partial charge in [0.2, 0.25) is 0 Å². The lowest BCUT2D eigenvalue weighted by Crippen LogP contribution is -2.40. The molecule has 2 fully saturated rings. The van der Waals surface area contributed by atoms with Crippen molar-refractivity contribution in [3.05, 3.63) is 0 Å². The molecule has 0 spiro atoms. The normalized spacial score (nSPS) is 33.2. The predicted octanol–water partition coefficient (Wildman–Crippen LogP) is 4.88. The van der Waals surface area contributed by atoms with Crippen molar-refractivity contribution in [2.75, 3.05) is 0 Å². The molecule has 3 atom stereocenters. The van der Waals surface area contributed by atoms with Gasteiger partial charge in [-0.05, 0) is 57.3 Å². The fourth-order valence-electron chi connectivity index (χ4n) is 4.80. The Balaban J connectivity index is 1.70. The van der Waals surface area contributed by atoms with E-state index in [0.717, 1.165) is 38.0 Å². The number of rotatable bonds is 7. The lowest BCUT2D eigenvalue weighted by atomic mass is 9.61. The lowest BCUT2D eigenvalue weighted by molar-refractivity contribution is -0.131. The first-order valence-corrected chi connectivity index (χ1v) is 9.08. The summed E-state index contributed by atoms with van der Waals surface area (Å²) in [6, 6.07) is 0. The Labute approximate surface area is 130 Å². The smallest absolute Gasteiger partial charge is 0.136 e. The van der Waals surface area contributed by atoms with Crippen molar-refractivity contribution in [3.63, 3.8) is 0 Å². The minimum atomic E-state index is -0.506. The van der Waals surface area contributed by atoms with Gasteiger partial charge in [0.15, 0.2) is 0 Å². The molecule has 0 unspecified atom stereocenters. The number of carbonyl (C=O) groups excluding carboxylic acids is 1. The number of Topliss-reactive ketones (excluding diaryl/α,β-unsaturated/α-hetero) is 1. The third-order valence-electron chi connectivity index (χ3n) is 6.16. The molecule has 0 aromatic heterocycles. The Morgan fingerprint density at radius 1 is 1.19 bits per heavy atom. The lowest BCUT2D eigenvalue weighted by Gasteiger charge is -2.43. The number of hydrogen-bond donors (Lipinski definition) is 1. The Morgan fingerprint density at radius 2 is 1.90 bits per heavy atom. The van der Waals surface area contributed by atoms with Gasteiger partial charge in [-0.25, -0.2) is 0 Å². The van der Waals surface area contributed by atoms with E-state index in [9.17, 15) is 9.90 Å². The Hall–Kier alpha value is -0.370. The van der Waals surface area contributed by atoms with E-state index >= 15 is 0 Å². The van der Waals surface area contributed by atoms with Gasteiger partial charge < -0.3 is 5.11 Å². The molecule has 0 bridgehead atoms. The molecule has 21 heavy (non-hydrogen) atoms. The standard InChI is InChI=1S/C19H34O2/c1-18(2,21)13-7-5-4-6-9-15-11-12-17(20)16-10-8-14-19(15,16)3/h15-16,21H,4-14H2,1-3H3/t15-,16+,19+/m1/s1. The molecule has 0 radical (unpaired) electrons. The van der Waals surface area contributed by atoms with E-state index in [1.54, 1.807) is 0 Å². The summed E-state index contributed by atoms with van der Waals surface area (Å²) < 4.78 is 0. The van der Waals surface area contributed by atoms with Gasteiger partial charge in [0.25, 0.3) is 0 Å². The molecule has 0 aromatic rings. The van der Waals surface area contributed by atoms with Crippen LogP contribution in [0.5, 0.6) is 0 Å². The summed E-state index contributed by atoms with van der Waals surface area (Å²) in [5.41, 5.74) is -0.184. The zero-order chi connectivity index (χ0) is 15.5. The summed E-state index contributed by atoms with van der Waals surface area (Å²) in [4.78, 5) is 12.1. The van der Waals surface area contributed by atoms with Crippen LogP contribution in [0, 0.1) is 17.3 Å². The quantitative estimate of drug-likeness (QED) is 0.679. The summed E-state index contributed by atoms with van der Waals surface area (Å²) in [6.07, 6.45) is 12.8. The van der Waals surface area contributed by atoms with Gasteiger partial charge in [0, 0.05) is 12.3 Å². The van der Waals surface area contributed by atoms with Gasteiger partial charge in [-0.3, -0.25) is 4.79 Å². The second kappa shape index (κ2) is 6.81. The summed E-state index contributed by atoms with van der Waals surface area (Å²) in [7, 11) is 0. The molecule has 122 valence electrons. The Morgan fingerprint density at radius 3 is 2.62 bits per heavy atom. The van der Waals surface area contributed by atoms with E-state index in [0.29, 0.717) is 17.1 Å². The molecule has 2 saturated carbocycles. The van der Waals surface area contributed by atoms with Crippen molar-refractivity contribution >= 4 is 5.78 Å². The van der Waals surface area contributed by atoms with Gasteiger partial charge in [0.1, 0.15) is 5.78 Å². The molecule has 2 aliphatic rings. The highest BCUT2D eigenvalue weighted by atomic mass is 16.3. The summed E-state index contributed by atoms with van der Waals surface area (Å²) in [6.45, 7) is 6.18. The highest BCUT2D eigenvalue weighted by Crippen LogP contribution is 2.55. The van der Waals surface area contributed by atoms with E-state index in [2.05, 4.69) is 6.92 Å². The minimum Gasteiger partial charge on any atom is -0.390 e. The molecule has 0 saturated heterocycles. The average Bonchev–Trinajstić information content (AvgIpc) is 2.78. The van der Waals surface area contributed by atoms with Crippen molar-refractivity contribution in [1.29, 1.82) is 0 Å². The van der Waals surface area contributed by atoms with Crippen molar-refractivity contribution in [2.24, 2.45) is 17.3 Å². The topological polar surface area (TPSA) is 37.3 Å². The van der Waals surface area contributed by atoms with Crippen LogP contribution in [0.1, 0.15) is 91.4 Å². The molecule has 2 nitrogen and oxygen atoms in total. The number of carbonyl (C=O) groups is 1. The van der Waals surface area contributed by atoms with E-state index in [1.165, 1.54) is 38.5 Å². The van der Waals surface area contributed by atoms with Gasteiger partial charge >= 0.3 is 0 Å². The van der Waals surface area contributed by atoms with Gasteiger partial charge in [-0.2, -0.15) is 0 Å². The zero-order valence-corrected chi connectivity index (χ0v) is 14.3. The summed E-state index contributed by atoms with van der Waals surface area (Å²) >= 11 is 0. The first-order valence-electron chi connectivity index (χ1n) is 9.08. The maximum absolute atomic E-state index is 12.1. The largest absolute Gasteiger partial charge is 0.390 e. The monoisotopic (exact) mass is 294 g/mol. The molecule has 1 N–H and O–H groups in total. The van der Waals surface area contributed by atoms with Crippen molar-refractivity contribution in [3.8, 4) is 0 Å². The van der Waals surface area contributed by atoms with Crippen molar-refractivity contribution in [2.45, 2.75) is 97.0 Å². The second-order valence-corrected chi connectivity index (χ2v) is 8.42. The molecule has 2 rings (SSSR count). The first-order chi connectivity index (χ1) is 9.83. The molecule has 0 aliphatic heterocycles. The van der Waals surface area contributed by atoms with Crippen molar-refractivity contribution < 1.29 is 9.90 Å². The van der Waals surface area contributed by atoms with Crippen LogP contribution >= 0.6 is 0 Å². The van der Waals surface area contributed by atoms with Crippen molar-refractivity contribution in [1.82, 2.24) is 0 Å². The number of hydrogen-bond acceptors (Lipinski definition) is 2. The number of aliphatic hydroxyl groups is 1. The third kappa shape index (κ3) is 4.31. The van der Waals surface area contributed by atoms with E-state index < -0.39 is 5.60 Å². The number of unbranched alkanes of at least 4 members (excludes halogenated alkanes) is 3. The van der Waals surface area contributed by atoms with Crippen LogP contribution in [-0.2, 0) is 4.79 Å². The Bertz CT molecular complexity index is 355. The molecule has 0 aromatic carbocycles. The maximum atomic E-state index is 12.1. The molecule has 0 heterocycles. The average molecular weight is 294 g/mol. The fraction of sp³-hybridized carbons (Fsp3) is 0.947. The van der Waals surface area contributed by atoms with Crippen LogP contribution < -0.4 is 0 Å². The van der Waals surface area contributed by atoms with Crippen LogP contribution in [0.15, 0.2) is 0 Å². The van der Waals surface area contributed by atoms with E-state index in [4.69, 9.17) is 0 Å². The third-order valence-corrected chi connectivity index (χ3v) is 6.16. The molecular formula is C19H34O2. The van der Waals surface area contributed by atoms with E-state index in [1.807, 2.05) is 13.8 Å². The van der Waals surface area contributed by atoms with Crippen LogP contribution in [0.4, 0.5) is 0 Å².